The first-order valence-corrected chi connectivity index (χ1v) is 15.1. The van der Waals surface area contributed by atoms with Crippen molar-refractivity contribution in [3.8, 4) is 11.1 Å². The first-order chi connectivity index (χ1) is 16.8. The number of hydrogen-bond acceptors (Lipinski definition) is 1. The van der Waals surface area contributed by atoms with Gasteiger partial charge in [-0.3, -0.25) is 0 Å². The van der Waals surface area contributed by atoms with Crippen LogP contribution in [0.1, 0.15) is 52.2 Å². The molecule has 0 fully saturated rings. The van der Waals surface area contributed by atoms with Crippen LogP contribution in [0.4, 0.5) is 0 Å². The van der Waals surface area contributed by atoms with E-state index in [1.54, 1.807) is 9.79 Å². The summed E-state index contributed by atoms with van der Waals surface area (Å²) in [5.41, 5.74) is 6.24. The van der Waals surface area contributed by atoms with Crippen molar-refractivity contribution in [1.82, 2.24) is 0 Å². The molecule has 1 aliphatic heterocycles. The zero-order valence-electron chi connectivity index (χ0n) is 21.4. The third-order valence-corrected chi connectivity index (χ3v) is 12.3. The minimum absolute atomic E-state index is 0.0666. The van der Waals surface area contributed by atoms with Gasteiger partial charge in [0.25, 0.3) is 0 Å². The molecule has 0 saturated carbocycles. The lowest BCUT2D eigenvalue weighted by atomic mass is 9.78. The van der Waals surface area contributed by atoms with Crippen LogP contribution in [0.25, 0.3) is 31.3 Å². The molecule has 0 bridgehead atoms. The van der Waals surface area contributed by atoms with Crippen molar-refractivity contribution in [2.75, 3.05) is 5.75 Å². The third kappa shape index (κ3) is 3.57. The smallest absolute Gasteiger partial charge is 0.0393 e. The van der Waals surface area contributed by atoms with Gasteiger partial charge in [-0.25, -0.2) is 0 Å². The fourth-order valence-electron chi connectivity index (χ4n) is 5.78. The van der Waals surface area contributed by atoms with Gasteiger partial charge in [0.15, 0.2) is 0 Å². The fraction of sp³-hybridized carbons (Fsp3) is 0.273. The summed E-state index contributed by atoms with van der Waals surface area (Å²) in [7, 11) is -0.431. The van der Waals surface area contributed by atoms with Crippen molar-refractivity contribution < 1.29 is 0 Å². The SMILES string of the molecule is CCC(C)(C)c1cccc2c1-c1ccccc1[SH]2CC(C)(C)c1cccc2c1sc1ccccc12. The molecule has 6 rings (SSSR count). The van der Waals surface area contributed by atoms with Crippen LogP contribution in [0.5, 0.6) is 0 Å². The number of rotatable bonds is 5. The molecule has 1 unspecified atom stereocenters. The highest BCUT2D eigenvalue weighted by Crippen LogP contribution is 2.62. The lowest BCUT2D eigenvalue weighted by molar-refractivity contribution is 0.507. The molecule has 0 nitrogen and oxygen atoms in total. The van der Waals surface area contributed by atoms with Crippen LogP contribution < -0.4 is 0 Å². The zero-order chi connectivity index (χ0) is 24.4. The van der Waals surface area contributed by atoms with E-state index >= 15 is 0 Å². The van der Waals surface area contributed by atoms with Crippen LogP contribution >= 0.6 is 22.2 Å². The van der Waals surface area contributed by atoms with Crippen LogP contribution in [-0.2, 0) is 10.8 Å². The zero-order valence-corrected chi connectivity index (χ0v) is 23.1. The molecule has 0 N–H and O–H groups in total. The van der Waals surface area contributed by atoms with E-state index in [0.29, 0.717) is 0 Å². The van der Waals surface area contributed by atoms with Crippen LogP contribution in [0.2, 0.25) is 0 Å². The van der Waals surface area contributed by atoms with Gasteiger partial charge in [-0.05, 0) is 73.2 Å². The normalized spacial score (nSPS) is 16.5. The Morgan fingerprint density at radius 2 is 1.31 bits per heavy atom. The van der Waals surface area contributed by atoms with Crippen molar-refractivity contribution in [2.24, 2.45) is 0 Å². The van der Waals surface area contributed by atoms with Crippen molar-refractivity contribution in [1.29, 1.82) is 0 Å². The van der Waals surface area contributed by atoms with Gasteiger partial charge in [0, 0.05) is 20.2 Å². The Morgan fingerprint density at radius 3 is 2.14 bits per heavy atom. The Labute approximate surface area is 216 Å². The fourth-order valence-corrected chi connectivity index (χ4v) is 10.3. The van der Waals surface area contributed by atoms with Gasteiger partial charge in [-0.15, -0.1) is 11.3 Å². The summed E-state index contributed by atoms with van der Waals surface area (Å²) in [5, 5.41) is 2.79. The Balaban J connectivity index is 1.50. The van der Waals surface area contributed by atoms with Crippen LogP contribution in [0.15, 0.2) is 94.7 Å². The predicted octanol–water partition coefficient (Wildman–Crippen LogP) is 10.1. The van der Waals surface area contributed by atoms with E-state index < -0.39 is 10.9 Å². The molecule has 0 amide bonds. The molecule has 35 heavy (non-hydrogen) atoms. The maximum absolute atomic E-state index is 2.47. The lowest BCUT2D eigenvalue weighted by Gasteiger charge is -2.33. The molecule has 2 heterocycles. The van der Waals surface area contributed by atoms with Crippen LogP contribution in [-0.4, -0.2) is 5.75 Å². The monoisotopic (exact) mass is 494 g/mol. The first-order valence-electron chi connectivity index (χ1n) is 12.7. The molecule has 0 saturated heterocycles. The average Bonchev–Trinajstić information content (AvgIpc) is 3.40. The molecule has 178 valence electrons. The van der Waals surface area contributed by atoms with Gasteiger partial charge >= 0.3 is 0 Å². The summed E-state index contributed by atoms with van der Waals surface area (Å²) >= 11 is 1.96. The predicted molar refractivity (Wildman–Crippen MR) is 158 cm³/mol. The highest BCUT2D eigenvalue weighted by atomic mass is 32.2. The topological polar surface area (TPSA) is 0 Å². The second-order valence-corrected chi connectivity index (χ2v) is 14.4. The van der Waals surface area contributed by atoms with E-state index in [0.717, 1.165) is 12.2 Å². The highest BCUT2D eigenvalue weighted by molar-refractivity contribution is 8.17. The van der Waals surface area contributed by atoms with Gasteiger partial charge in [0.05, 0.1) is 0 Å². The maximum atomic E-state index is 2.47. The molecule has 1 atom stereocenters. The van der Waals surface area contributed by atoms with E-state index in [-0.39, 0.29) is 10.8 Å². The Bertz CT molecular complexity index is 1570. The van der Waals surface area contributed by atoms with Gasteiger partial charge < -0.3 is 0 Å². The number of hydrogen-bond donors (Lipinski definition) is 1. The van der Waals surface area contributed by atoms with E-state index in [9.17, 15) is 0 Å². The molecule has 1 aromatic heterocycles. The molecular formula is C33H34S2. The Hall–Kier alpha value is -2.55. The molecule has 4 aromatic carbocycles. The Morgan fingerprint density at radius 1 is 0.657 bits per heavy atom. The number of thiol groups is 1. The van der Waals surface area contributed by atoms with Crippen molar-refractivity contribution >= 4 is 42.4 Å². The summed E-state index contributed by atoms with van der Waals surface area (Å²) in [4.78, 5) is 3.14. The molecule has 1 aliphatic rings. The van der Waals surface area contributed by atoms with Gasteiger partial charge in [-0.1, -0.05) is 101 Å². The molecule has 0 spiro atoms. The van der Waals surface area contributed by atoms with E-state index in [1.807, 2.05) is 11.3 Å². The van der Waals surface area contributed by atoms with Crippen molar-refractivity contribution in [3.05, 3.63) is 96.1 Å². The van der Waals surface area contributed by atoms with Gasteiger partial charge in [-0.2, -0.15) is 10.9 Å². The van der Waals surface area contributed by atoms with Gasteiger partial charge in [0.2, 0.25) is 0 Å². The number of benzene rings is 4. The standard InChI is InChI=1S/C33H34S2/c1-6-32(2,3)25-16-12-20-29-30(25)24-14-8-10-19-28(24)35(29)21-33(4,5)26-17-11-15-23-22-13-7-9-18-27(22)34-31(23)26/h7-20,35H,6,21H2,1-5H3. The van der Waals surface area contributed by atoms with Crippen molar-refractivity contribution in [2.45, 2.75) is 61.7 Å². The summed E-state index contributed by atoms with van der Waals surface area (Å²) in [6.07, 6.45) is 1.14. The molecular weight excluding hydrogens is 460 g/mol. The molecule has 0 radical (unpaired) electrons. The summed E-state index contributed by atoms with van der Waals surface area (Å²) < 4.78 is 2.85. The molecule has 5 aromatic rings. The second kappa shape index (κ2) is 8.25. The van der Waals surface area contributed by atoms with E-state index in [4.69, 9.17) is 0 Å². The minimum atomic E-state index is -0.431. The maximum Gasteiger partial charge on any atom is 0.0393 e. The van der Waals surface area contributed by atoms with Crippen LogP contribution in [0, 0.1) is 0 Å². The highest BCUT2D eigenvalue weighted by Gasteiger charge is 2.36. The van der Waals surface area contributed by atoms with E-state index in [1.165, 1.54) is 42.4 Å². The summed E-state index contributed by atoms with van der Waals surface area (Å²) in [5.74, 6) is 1.16. The Kier molecular flexibility index (Phi) is 5.39. The van der Waals surface area contributed by atoms with Crippen molar-refractivity contribution in [3.63, 3.8) is 0 Å². The van der Waals surface area contributed by atoms with Gasteiger partial charge in [0.1, 0.15) is 0 Å². The lowest BCUT2D eigenvalue weighted by Crippen LogP contribution is -2.22. The summed E-state index contributed by atoms with van der Waals surface area (Å²) in [6, 6.07) is 32.2. The average molecular weight is 495 g/mol. The summed E-state index contributed by atoms with van der Waals surface area (Å²) in [6.45, 7) is 12.1. The molecule has 0 aliphatic carbocycles. The number of fused-ring (bicyclic) bond motifs is 6. The first kappa shape index (κ1) is 22.9. The second-order valence-electron chi connectivity index (χ2n) is 11.2. The largest absolute Gasteiger partial charge is 0.198 e. The number of thiophene rings is 1. The minimum Gasteiger partial charge on any atom is -0.198 e. The molecule has 2 heteroatoms. The van der Waals surface area contributed by atoms with E-state index in [2.05, 4.69) is 120 Å². The van der Waals surface area contributed by atoms with Crippen LogP contribution in [0.3, 0.4) is 0 Å². The third-order valence-electron chi connectivity index (χ3n) is 8.10. The quantitative estimate of drug-likeness (QED) is 0.231.